The van der Waals surface area contributed by atoms with Crippen LogP contribution in [0.4, 0.5) is 5.69 Å². The van der Waals surface area contributed by atoms with Crippen molar-refractivity contribution in [2.45, 2.75) is 24.7 Å². The van der Waals surface area contributed by atoms with Crippen molar-refractivity contribution < 1.29 is 9.53 Å². The first-order valence-corrected chi connectivity index (χ1v) is 7.36. The van der Waals surface area contributed by atoms with Crippen LogP contribution in [-0.2, 0) is 11.8 Å². The largest absolute Gasteiger partial charge is 0.492 e. The summed E-state index contributed by atoms with van der Waals surface area (Å²) in [6, 6.07) is 13.6. The number of nitrogen functional groups attached to an aromatic ring is 1. The van der Waals surface area contributed by atoms with Gasteiger partial charge in [0, 0.05) is 12.1 Å². The molecule has 1 fully saturated rings. The van der Waals surface area contributed by atoms with Gasteiger partial charge in [0.2, 0.25) is 0 Å². The van der Waals surface area contributed by atoms with Gasteiger partial charge >= 0.3 is 0 Å². The first kappa shape index (κ1) is 12.5. The fourth-order valence-corrected chi connectivity index (χ4v) is 3.23. The van der Waals surface area contributed by atoms with Crippen LogP contribution in [0.3, 0.4) is 0 Å². The second kappa shape index (κ2) is 4.35. The molecule has 0 saturated heterocycles. The number of carbonyl (C=O) groups is 1. The van der Waals surface area contributed by atoms with Crippen LogP contribution in [0.15, 0.2) is 42.5 Å². The van der Waals surface area contributed by atoms with Gasteiger partial charge in [0.1, 0.15) is 5.75 Å². The molecule has 3 nitrogen and oxygen atoms in total. The standard InChI is InChI=1S/C18H17NO2/c19-14-6-4-13(5-7-14)18(9-10-18)17(20)15-3-1-2-12-8-11-21-16(12)15/h1-7H,8-11,19H2. The number of para-hydroxylation sites is 1. The third kappa shape index (κ3) is 1.84. The van der Waals surface area contributed by atoms with E-state index in [0.717, 1.165) is 47.4 Å². The van der Waals surface area contributed by atoms with Crippen molar-refractivity contribution in [2.24, 2.45) is 0 Å². The summed E-state index contributed by atoms with van der Waals surface area (Å²) in [5.41, 5.74) is 9.06. The second-order valence-corrected chi connectivity index (χ2v) is 5.93. The van der Waals surface area contributed by atoms with Gasteiger partial charge in [0.05, 0.1) is 17.6 Å². The van der Waals surface area contributed by atoms with Crippen molar-refractivity contribution in [3.8, 4) is 5.75 Å². The average molecular weight is 279 g/mol. The maximum atomic E-state index is 13.1. The molecule has 1 saturated carbocycles. The average Bonchev–Trinajstić information content (AvgIpc) is 3.17. The fourth-order valence-electron chi connectivity index (χ4n) is 3.23. The van der Waals surface area contributed by atoms with Crippen LogP contribution in [-0.4, -0.2) is 12.4 Å². The Morgan fingerprint density at radius 2 is 1.86 bits per heavy atom. The topological polar surface area (TPSA) is 52.3 Å². The Bertz CT molecular complexity index is 714. The Morgan fingerprint density at radius 1 is 1.10 bits per heavy atom. The Morgan fingerprint density at radius 3 is 2.57 bits per heavy atom. The van der Waals surface area contributed by atoms with E-state index in [0.29, 0.717) is 6.61 Å². The van der Waals surface area contributed by atoms with Crippen molar-refractivity contribution in [1.82, 2.24) is 0 Å². The number of carbonyl (C=O) groups excluding carboxylic acids is 1. The Hall–Kier alpha value is -2.29. The van der Waals surface area contributed by atoms with E-state index in [2.05, 4.69) is 0 Å². The number of Topliss-reactive ketones (excluding diaryl/α,β-unsaturated/α-hetero) is 1. The number of nitrogens with two attached hydrogens (primary N) is 1. The molecule has 0 amide bonds. The molecule has 2 aromatic carbocycles. The smallest absolute Gasteiger partial charge is 0.177 e. The molecule has 3 heteroatoms. The van der Waals surface area contributed by atoms with Crippen molar-refractivity contribution in [3.05, 3.63) is 59.2 Å². The van der Waals surface area contributed by atoms with E-state index in [1.54, 1.807) is 0 Å². The lowest BCUT2D eigenvalue weighted by Gasteiger charge is -2.16. The fraction of sp³-hybridized carbons (Fsp3) is 0.278. The summed E-state index contributed by atoms with van der Waals surface area (Å²) in [4.78, 5) is 13.1. The molecule has 1 aliphatic heterocycles. The first-order chi connectivity index (χ1) is 10.2. The predicted octanol–water partition coefficient (Wildman–Crippen LogP) is 3.12. The number of benzene rings is 2. The molecule has 0 radical (unpaired) electrons. The molecular formula is C18H17NO2. The summed E-state index contributed by atoms with van der Waals surface area (Å²) in [7, 11) is 0. The van der Waals surface area contributed by atoms with Gasteiger partial charge in [-0.3, -0.25) is 4.79 Å². The predicted molar refractivity (Wildman–Crippen MR) is 81.7 cm³/mol. The first-order valence-electron chi connectivity index (χ1n) is 7.36. The molecule has 2 aliphatic rings. The zero-order valence-corrected chi connectivity index (χ0v) is 11.8. The summed E-state index contributed by atoms with van der Waals surface area (Å²) < 4.78 is 5.69. The Balaban J connectivity index is 1.75. The van der Waals surface area contributed by atoms with Crippen LogP contribution in [0.2, 0.25) is 0 Å². The number of fused-ring (bicyclic) bond motifs is 1. The minimum absolute atomic E-state index is 0.186. The second-order valence-electron chi connectivity index (χ2n) is 5.93. The molecule has 21 heavy (non-hydrogen) atoms. The van der Waals surface area contributed by atoms with Gasteiger partial charge in [-0.05, 0) is 42.2 Å². The SMILES string of the molecule is Nc1ccc(C2(C(=O)c3cccc4c3OCC4)CC2)cc1. The van der Waals surface area contributed by atoms with Crippen molar-refractivity contribution in [1.29, 1.82) is 0 Å². The summed E-state index contributed by atoms with van der Waals surface area (Å²) in [5, 5.41) is 0. The van der Waals surface area contributed by atoms with Gasteiger partial charge in [-0.1, -0.05) is 24.3 Å². The van der Waals surface area contributed by atoms with E-state index in [9.17, 15) is 4.79 Å². The third-order valence-corrected chi connectivity index (χ3v) is 4.61. The number of ketones is 1. The molecule has 2 N–H and O–H groups in total. The van der Waals surface area contributed by atoms with E-state index in [1.807, 2.05) is 42.5 Å². The zero-order valence-electron chi connectivity index (χ0n) is 11.8. The van der Waals surface area contributed by atoms with Crippen molar-refractivity contribution in [2.75, 3.05) is 12.3 Å². The lowest BCUT2D eigenvalue weighted by Crippen LogP contribution is -2.21. The summed E-state index contributed by atoms with van der Waals surface area (Å²) >= 11 is 0. The molecule has 4 rings (SSSR count). The molecule has 1 heterocycles. The van der Waals surface area contributed by atoms with Crippen molar-refractivity contribution >= 4 is 11.5 Å². The minimum atomic E-state index is -0.366. The summed E-state index contributed by atoms with van der Waals surface area (Å²) in [6.45, 7) is 0.675. The molecule has 1 aliphatic carbocycles. The van der Waals surface area contributed by atoms with Crippen molar-refractivity contribution in [3.63, 3.8) is 0 Å². The molecule has 2 aromatic rings. The van der Waals surface area contributed by atoms with Gasteiger partial charge < -0.3 is 10.5 Å². The highest BCUT2D eigenvalue weighted by Crippen LogP contribution is 2.52. The highest BCUT2D eigenvalue weighted by atomic mass is 16.5. The van der Waals surface area contributed by atoms with Gasteiger partial charge in [-0.2, -0.15) is 0 Å². The summed E-state index contributed by atoms with van der Waals surface area (Å²) in [5.74, 6) is 0.982. The highest BCUT2D eigenvalue weighted by molar-refractivity contribution is 6.08. The van der Waals surface area contributed by atoms with Gasteiger partial charge in [0.15, 0.2) is 5.78 Å². The van der Waals surface area contributed by atoms with E-state index in [1.165, 1.54) is 0 Å². The maximum absolute atomic E-state index is 13.1. The Labute approximate surface area is 123 Å². The molecule has 106 valence electrons. The van der Waals surface area contributed by atoms with Crippen LogP contribution in [0.5, 0.6) is 5.75 Å². The number of rotatable bonds is 3. The van der Waals surface area contributed by atoms with Crippen LogP contribution < -0.4 is 10.5 Å². The molecule has 0 bridgehead atoms. The monoisotopic (exact) mass is 279 g/mol. The third-order valence-electron chi connectivity index (χ3n) is 4.61. The number of hydrogen-bond acceptors (Lipinski definition) is 3. The lowest BCUT2D eigenvalue weighted by atomic mass is 9.86. The number of hydrogen-bond donors (Lipinski definition) is 1. The van der Waals surface area contributed by atoms with E-state index in [4.69, 9.17) is 10.5 Å². The minimum Gasteiger partial charge on any atom is -0.492 e. The van der Waals surface area contributed by atoms with Crippen LogP contribution in [0.25, 0.3) is 0 Å². The van der Waals surface area contributed by atoms with Crippen LogP contribution in [0.1, 0.15) is 34.3 Å². The lowest BCUT2D eigenvalue weighted by molar-refractivity contribution is 0.0943. The van der Waals surface area contributed by atoms with Gasteiger partial charge in [-0.15, -0.1) is 0 Å². The molecule has 0 unspecified atom stereocenters. The van der Waals surface area contributed by atoms with Gasteiger partial charge in [0.25, 0.3) is 0 Å². The van der Waals surface area contributed by atoms with Gasteiger partial charge in [-0.25, -0.2) is 0 Å². The Kier molecular flexibility index (Phi) is 2.58. The number of ether oxygens (including phenoxy) is 1. The summed E-state index contributed by atoms with van der Waals surface area (Å²) in [6.07, 6.45) is 2.70. The van der Waals surface area contributed by atoms with Crippen LogP contribution >= 0.6 is 0 Å². The molecule has 0 atom stereocenters. The van der Waals surface area contributed by atoms with E-state index >= 15 is 0 Å². The number of anilines is 1. The van der Waals surface area contributed by atoms with E-state index < -0.39 is 0 Å². The van der Waals surface area contributed by atoms with Crippen LogP contribution in [0, 0.1) is 0 Å². The molecule has 0 aromatic heterocycles. The maximum Gasteiger partial charge on any atom is 0.177 e. The normalized spacial score (nSPS) is 17.9. The quantitative estimate of drug-likeness (QED) is 0.693. The van der Waals surface area contributed by atoms with E-state index in [-0.39, 0.29) is 11.2 Å². The zero-order chi connectivity index (χ0) is 14.4. The highest BCUT2D eigenvalue weighted by Gasteiger charge is 2.52. The molecular weight excluding hydrogens is 262 g/mol. The molecule has 0 spiro atoms.